The molecule has 0 amide bonds. The molecule has 1 aromatic heterocycles. The molecular weight excluding hydrogens is 251 g/mol. The number of rotatable bonds is 3. The van der Waals surface area contributed by atoms with Gasteiger partial charge in [-0.2, -0.15) is 0 Å². The van der Waals surface area contributed by atoms with Crippen molar-refractivity contribution in [2.45, 2.75) is 33.0 Å². The van der Waals surface area contributed by atoms with E-state index in [0.717, 1.165) is 6.07 Å². The summed E-state index contributed by atoms with van der Waals surface area (Å²) < 4.78 is 19.0. The van der Waals surface area contributed by atoms with Gasteiger partial charge in [0.05, 0.1) is 22.2 Å². The van der Waals surface area contributed by atoms with Crippen molar-refractivity contribution in [1.29, 1.82) is 0 Å². The summed E-state index contributed by atoms with van der Waals surface area (Å²) in [5.41, 5.74) is 0.166. The first-order valence-corrected chi connectivity index (χ1v) is 5.81. The van der Waals surface area contributed by atoms with Crippen LogP contribution in [0.3, 0.4) is 0 Å². The van der Waals surface area contributed by atoms with Crippen LogP contribution >= 0.6 is 0 Å². The number of benzene rings is 1. The normalized spacial score (nSPS) is 12.0. The maximum absolute atomic E-state index is 13.5. The van der Waals surface area contributed by atoms with Crippen molar-refractivity contribution in [2.24, 2.45) is 0 Å². The SMILES string of the molecule is CC(C)(C)OCc1nc2cc(C(=O)O)c(F)cc2[nH]1. The van der Waals surface area contributed by atoms with E-state index in [4.69, 9.17) is 9.84 Å². The van der Waals surface area contributed by atoms with Crippen LogP contribution in [0.2, 0.25) is 0 Å². The van der Waals surface area contributed by atoms with E-state index in [0.29, 0.717) is 16.9 Å². The van der Waals surface area contributed by atoms with Gasteiger partial charge in [0.15, 0.2) is 0 Å². The van der Waals surface area contributed by atoms with Gasteiger partial charge in [-0.05, 0) is 26.8 Å². The summed E-state index contributed by atoms with van der Waals surface area (Å²) in [4.78, 5) is 17.9. The minimum atomic E-state index is -1.31. The first-order valence-electron chi connectivity index (χ1n) is 5.81. The van der Waals surface area contributed by atoms with Gasteiger partial charge >= 0.3 is 5.97 Å². The second kappa shape index (κ2) is 4.62. The molecule has 2 aromatic rings. The summed E-state index contributed by atoms with van der Waals surface area (Å²) >= 11 is 0. The lowest BCUT2D eigenvalue weighted by molar-refractivity contribution is -0.0177. The van der Waals surface area contributed by atoms with Crippen molar-refractivity contribution in [3.63, 3.8) is 0 Å². The van der Waals surface area contributed by atoms with Gasteiger partial charge in [0.1, 0.15) is 18.2 Å². The second-order valence-electron chi connectivity index (χ2n) is 5.24. The van der Waals surface area contributed by atoms with Crippen LogP contribution in [-0.2, 0) is 11.3 Å². The van der Waals surface area contributed by atoms with Crippen molar-refractivity contribution in [3.8, 4) is 0 Å². The highest BCUT2D eigenvalue weighted by Gasteiger charge is 2.15. The molecule has 0 aliphatic heterocycles. The Balaban J connectivity index is 2.33. The Bertz CT molecular complexity index is 629. The molecule has 6 heteroatoms. The van der Waals surface area contributed by atoms with E-state index in [1.807, 2.05) is 20.8 Å². The van der Waals surface area contributed by atoms with Crippen LogP contribution in [0.1, 0.15) is 37.0 Å². The van der Waals surface area contributed by atoms with E-state index in [1.54, 1.807) is 0 Å². The van der Waals surface area contributed by atoms with E-state index >= 15 is 0 Å². The molecule has 0 aliphatic carbocycles. The van der Waals surface area contributed by atoms with Gasteiger partial charge in [0.2, 0.25) is 0 Å². The number of fused-ring (bicyclic) bond motifs is 1. The number of hydrogen-bond acceptors (Lipinski definition) is 3. The number of ether oxygens (including phenoxy) is 1. The van der Waals surface area contributed by atoms with E-state index in [1.165, 1.54) is 6.07 Å². The zero-order chi connectivity index (χ0) is 14.2. The number of aromatic carboxylic acids is 1. The number of halogens is 1. The molecule has 0 unspecified atom stereocenters. The molecule has 0 spiro atoms. The van der Waals surface area contributed by atoms with Gasteiger partial charge < -0.3 is 14.8 Å². The number of carbonyl (C=O) groups is 1. The number of hydrogen-bond donors (Lipinski definition) is 2. The highest BCUT2D eigenvalue weighted by molar-refractivity contribution is 5.92. The molecule has 0 radical (unpaired) electrons. The third-order valence-electron chi connectivity index (χ3n) is 2.49. The standard InChI is InChI=1S/C13H15FN2O3/c1-13(2,3)19-6-11-15-9-4-7(12(17)18)8(14)5-10(9)16-11/h4-5H,6H2,1-3H3,(H,15,16)(H,17,18). The minimum absolute atomic E-state index is 0.252. The van der Waals surface area contributed by atoms with Gasteiger partial charge in [0.25, 0.3) is 0 Å². The Morgan fingerprint density at radius 3 is 2.74 bits per heavy atom. The Morgan fingerprint density at radius 1 is 1.47 bits per heavy atom. The molecule has 0 atom stereocenters. The highest BCUT2D eigenvalue weighted by atomic mass is 19.1. The molecule has 1 heterocycles. The Labute approximate surface area is 109 Å². The number of H-pyrrole nitrogens is 1. The van der Waals surface area contributed by atoms with Crippen LogP contribution in [0.4, 0.5) is 4.39 Å². The topological polar surface area (TPSA) is 75.2 Å². The number of aromatic amines is 1. The van der Waals surface area contributed by atoms with Crippen molar-refractivity contribution < 1.29 is 19.0 Å². The van der Waals surface area contributed by atoms with Gasteiger partial charge in [-0.15, -0.1) is 0 Å². The van der Waals surface area contributed by atoms with Crippen LogP contribution < -0.4 is 0 Å². The number of aromatic nitrogens is 2. The number of nitrogens with zero attached hydrogens (tertiary/aromatic N) is 1. The zero-order valence-electron chi connectivity index (χ0n) is 11.0. The minimum Gasteiger partial charge on any atom is -0.478 e. The number of carboxylic acid groups (broad SMARTS) is 1. The summed E-state index contributed by atoms with van der Waals surface area (Å²) in [6, 6.07) is 2.34. The summed E-state index contributed by atoms with van der Waals surface area (Å²) in [5.74, 6) is -1.56. The third kappa shape index (κ3) is 3.08. The average Bonchev–Trinajstić information content (AvgIpc) is 2.65. The summed E-state index contributed by atoms with van der Waals surface area (Å²) in [7, 11) is 0. The summed E-state index contributed by atoms with van der Waals surface area (Å²) in [6.07, 6.45) is 0. The number of carboxylic acids is 1. The number of imidazole rings is 1. The zero-order valence-corrected chi connectivity index (χ0v) is 11.0. The smallest absolute Gasteiger partial charge is 0.338 e. The van der Waals surface area contributed by atoms with Gasteiger partial charge in [0, 0.05) is 6.07 Å². The molecule has 0 saturated carbocycles. The lowest BCUT2D eigenvalue weighted by atomic mass is 10.2. The van der Waals surface area contributed by atoms with Gasteiger partial charge in [-0.3, -0.25) is 0 Å². The maximum Gasteiger partial charge on any atom is 0.338 e. The Kier molecular flexibility index (Phi) is 3.28. The van der Waals surface area contributed by atoms with Gasteiger partial charge in [-0.1, -0.05) is 0 Å². The van der Waals surface area contributed by atoms with Crippen molar-refractivity contribution in [2.75, 3.05) is 0 Å². The molecule has 0 saturated heterocycles. The summed E-state index contributed by atoms with van der Waals surface area (Å²) in [6.45, 7) is 6.00. The monoisotopic (exact) mass is 266 g/mol. The molecule has 2 rings (SSSR count). The van der Waals surface area contributed by atoms with E-state index in [-0.39, 0.29) is 17.8 Å². The molecule has 2 N–H and O–H groups in total. The van der Waals surface area contributed by atoms with Crippen LogP contribution in [-0.4, -0.2) is 26.6 Å². The van der Waals surface area contributed by atoms with Crippen LogP contribution in [0.25, 0.3) is 11.0 Å². The molecule has 5 nitrogen and oxygen atoms in total. The lowest BCUT2D eigenvalue weighted by Crippen LogP contribution is -2.19. The number of nitrogens with one attached hydrogen (secondary N) is 1. The molecule has 0 fully saturated rings. The highest BCUT2D eigenvalue weighted by Crippen LogP contribution is 2.19. The Morgan fingerprint density at radius 2 is 2.16 bits per heavy atom. The van der Waals surface area contributed by atoms with E-state index in [9.17, 15) is 9.18 Å². The molecule has 102 valence electrons. The molecular formula is C13H15FN2O3. The van der Waals surface area contributed by atoms with Crippen LogP contribution in [0, 0.1) is 5.82 Å². The van der Waals surface area contributed by atoms with E-state index < -0.39 is 11.8 Å². The van der Waals surface area contributed by atoms with Gasteiger partial charge in [-0.25, -0.2) is 14.2 Å². The summed E-state index contributed by atoms with van der Waals surface area (Å²) in [5, 5.41) is 8.84. The predicted molar refractivity (Wildman–Crippen MR) is 67.6 cm³/mol. The van der Waals surface area contributed by atoms with Crippen LogP contribution in [0.15, 0.2) is 12.1 Å². The molecule has 1 aromatic carbocycles. The first kappa shape index (κ1) is 13.5. The average molecular weight is 266 g/mol. The molecule has 19 heavy (non-hydrogen) atoms. The third-order valence-corrected chi connectivity index (χ3v) is 2.49. The maximum atomic E-state index is 13.5. The van der Waals surface area contributed by atoms with Crippen LogP contribution in [0.5, 0.6) is 0 Å². The fourth-order valence-electron chi connectivity index (χ4n) is 1.60. The Hall–Kier alpha value is -1.95. The van der Waals surface area contributed by atoms with E-state index in [2.05, 4.69) is 9.97 Å². The van der Waals surface area contributed by atoms with Crippen molar-refractivity contribution >= 4 is 17.0 Å². The fraction of sp³-hybridized carbons (Fsp3) is 0.385. The molecule has 0 bridgehead atoms. The second-order valence-corrected chi connectivity index (χ2v) is 5.24. The van der Waals surface area contributed by atoms with Crippen molar-refractivity contribution in [3.05, 3.63) is 29.3 Å². The molecule has 0 aliphatic rings. The predicted octanol–water partition coefficient (Wildman–Crippen LogP) is 2.72. The lowest BCUT2D eigenvalue weighted by Gasteiger charge is -2.18. The van der Waals surface area contributed by atoms with Crippen molar-refractivity contribution in [1.82, 2.24) is 9.97 Å². The largest absolute Gasteiger partial charge is 0.478 e. The fourth-order valence-corrected chi connectivity index (χ4v) is 1.60. The first-order chi connectivity index (χ1) is 8.76. The quantitative estimate of drug-likeness (QED) is 0.895.